The van der Waals surface area contributed by atoms with Crippen molar-refractivity contribution in [2.75, 3.05) is 37.6 Å². The first-order valence-electron chi connectivity index (χ1n) is 11.5. The second kappa shape index (κ2) is 9.20. The summed E-state index contributed by atoms with van der Waals surface area (Å²) in [4.78, 5) is 30.2. The summed E-state index contributed by atoms with van der Waals surface area (Å²) in [5.41, 5.74) is -0.544. The lowest BCUT2D eigenvalue weighted by atomic mass is 9.90. The molecule has 1 saturated carbocycles. The molecule has 34 heavy (non-hydrogen) atoms. The van der Waals surface area contributed by atoms with Crippen LogP contribution in [0.15, 0.2) is 18.2 Å². The van der Waals surface area contributed by atoms with Gasteiger partial charge in [0.15, 0.2) is 0 Å². The van der Waals surface area contributed by atoms with E-state index in [1.54, 1.807) is 16.7 Å². The second-order valence-corrected chi connectivity index (χ2v) is 10.0. The highest BCUT2D eigenvalue weighted by molar-refractivity contribution is 6.31. The number of hydrogen-bond donors (Lipinski definition) is 2. The summed E-state index contributed by atoms with van der Waals surface area (Å²) in [6, 6.07) is 2.73. The molecule has 1 aromatic rings. The number of carbonyl (C=O) groups is 2. The van der Waals surface area contributed by atoms with Crippen molar-refractivity contribution in [2.45, 2.75) is 57.0 Å². The third kappa shape index (κ3) is 4.99. The van der Waals surface area contributed by atoms with Gasteiger partial charge in [-0.3, -0.25) is 9.59 Å². The van der Waals surface area contributed by atoms with Gasteiger partial charge in [-0.2, -0.15) is 13.2 Å². The van der Waals surface area contributed by atoms with Gasteiger partial charge in [-0.25, -0.2) is 0 Å². The van der Waals surface area contributed by atoms with Crippen molar-refractivity contribution in [3.63, 3.8) is 0 Å². The monoisotopic (exact) mass is 503 g/mol. The molecule has 1 aliphatic carbocycles. The van der Waals surface area contributed by atoms with Crippen molar-refractivity contribution in [3.8, 4) is 0 Å². The number of anilines is 1. The number of carbonyl (C=O) groups excluding carboxylic acids is 2. The SMILES string of the molecule is C[C@H]1C(=O)N(C[C@@H](O)CC(=O)N2CCC3(CC3)[C@H](O)C2)CCN1c1ccc(C(F)(F)F)c(Cl)c1. The number of aliphatic hydroxyl groups is 2. The highest BCUT2D eigenvalue weighted by Crippen LogP contribution is 2.53. The summed E-state index contributed by atoms with van der Waals surface area (Å²) in [6.45, 7) is 3.05. The maximum atomic E-state index is 13.0. The molecule has 0 radical (unpaired) electrons. The number of rotatable bonds is 5. The third-order valence-electron chi connectivity index (χ3n) is 7.40. The smallest absolute Gasteiger partial charge is 0.391 e. The Labute approximate surface area is 201 Å². The van der Waals surface area contributed by atoms with Gasteiger partial charge in [0, 0.05) is 38.4 Å². The minimum absolute atomic E-state index is 0.0170. The summed E-state index contributed by atoms with van der Waals surface area (Å²) in [5.74, 6) is -0.543. The molecular weight excluding hydrogens is 475 g/mol. The molecule has 0 bridgehead atoms. The summed E-state index contributed by atoms with van der Waals surface area (Å²) in [6.07, 6.45) is -3.54. The number of β-amino-alcohol motifs (C(OH)–C–C–N with tert-alkyl or cyclic N) is 2. The fourth-order valence-electron chi connectivity index (χ4n) is 5.01. The normalized spacial score (nSPS) is 25.6. The van der Waals surface area contributed by atoms with E-state index in [-0.39, 0.29) is 43.3 Å². The molecule has 2 heterocycles. The van der Waals surface area contributed by atoms with E-state index in [0.717, 1.165) is 25.3 Å². The number of benzene rings is 1. The number of piperazine rings is 1. The van der Waals surface area contributed by atoms with E-state index >= 15 is 0 Å². The van der Waals surface area contributed by atoms with Crippen LogP contribution in [0.25, 0.3) is 0 Å². The zero-order valence-electron chi connectivity index (χ0n) is 18.9. The van der Waals surface area contributed by atoms with Gasteiger partial charge in [0.05, 0.1) is 29.2 Å². The molecule has 1 spiro atoms. The van der Waals surface area contributed by atoms with Gasteiger partial charge < -0.3 is 24.9 Å². The highest BCUT2D eigenvalue weighted by Gasteiger charge is 2.51. The van der Waals surface area contributed by atoms with Crippen LogP contribution in [-0.4, -0.2) is 82.8 Å². The Hall–Kier alpha value is -2.04. The maximum absolute atomic E-state index is 13.0. The van der Waals surface area contributed by atoms with Crippen LogP contribution >= 0.6 is 11.6 Å². The van der Waals surface area contributed by atoms with Crippen molar-refractivity contribution < 1.29 is 33.0 Å². The number of alkyl halides is 3. The van der Waals surface area contributed by atoms with Gasteiger partial charge in [0.25, 0.3) is 0 Å². The summed E-state index contributed by atoms with van der Waals surface area (Å²) < 4.78 is 38.9. The minimum Gasteiger partial charge on any atom is -0.391 e. The van der Waals surface area contributed by atoms with Crippen LogP contribution in [0.4, 0.5) is 18.9 Å². The lowest BCUT2D eigenvalue weighted by Gasteiger charge is -2.41. The molecule has 3 fully saturated rings. The lowest BCUT2D eigenvalue weighted by Crippen LogP contribution is -2.57. The standard InChI is InChI=1S/C23H29ClF3N3O4/c1-14-21(34)29(8-9-30(14)15-2-3-17(18(24)10-15)23(25,26)27)12-16(31)11-20(33)28-7-6-22(4-5-22)19(32)13-28/h2-3,10,14,16,19,31-32H,4-9,11-13H2,1H3/t14-,16-,19+/m0/s1. The number of amides is 2. The molecule has 188 valence electrons. The maximum Gasteiger partial charge on any atom is 0.417 e. The molecule has 7 nitrogen and oxygen atoms in total. The average Bonchev–Trinajstić information content (AvgIpc) is 3.53. The molecule has 0 aromatic heterocycles. The zero-order chi connectivity index (χ0) is 24.8. The molecule has 4 rings (SSSR count). The Kier molecular flexibility index (Phi) is 6.78. The molecule has 2 aliphatic heterocycles. The van der Waals surface area contributed by atoms with E-state index in [2.05, 4.69) is 0 Å². The van der Waals surface area contributed by atoms with Gasteiger partial charge in [0.1, 0.15) is 6.04 Å². The topological polar surface area (TPSA) is 84.3 Å². The van der Waals surface area contributed by atoms with Crippen LogP contribution in [0.1, 0.15) is 38.2 Å². The third-order valence-corrected chi connectivity index (χ3v) is 7.72. The molecule has 3 aliphatic rings. The largest absolute Gasteiger partial charge is 0.417 e. The van der Waals surface area contributed by atoms with Gasteiger partial charge >= 0.3 is 6.18 Å². The van der Waals surface area contributed by atoms with Gasteiger partial charge in [-0.1, -0.05) is 11.6 Å². The van der Waals surface area contributed by atoms with Crippen molar-refractivity contribution in [1.29, 1.82) is 0 Å². The van der Waals surface area contributed by atoms with Gasteiger partial charge in [0.2, 0.25) is 11.8 Å². The van der Waals surface area contributed by atoms with E-state index in [1.165, 1.54) is 17.0 Å². The van der Waals surface area contributed by atoms with E-state index < -0.39 is 35.0 Å². The molecule has 2 amide bonds. The fraction of sp³-hybridized carbons (Fsp3) is 0.652. The van der Waals surface area contributed by atoms with Crippen LogP contribution < -0.4 is 4.90 Å². The van der Waals surface area contributed by atoms with Crippen molar-refractivity contribution >= 4 is 29.1 Å². The van der Waals surface area contributed by atoms with E-state index in [4.69, 9.17) is 11.6 Å². The Morgan fingerprint density at radius 3 is 2.53 bits per heavy atom. The van der Waals surface area contributed by atoms with Crippen LogP contribution in [0.2, 0.25) is 5.02 Å². The molecule has 3 atom stereocenters. The molecule has 1 aromatic carbocycles. The lowest BCUT2D eigenvalue weighted by molar-refractivity contribution is -0.141. The van der Waals surface area contributed by atoms with Crippen molar-refractivity contribution in [1.82, 2.24) is 9.80 Å². The fourth-order valence-corrected chi connectivity index (χ4v) is 5.30. The zero-order valence-corrected chi connectivity index (χ0v) is 19.6. The van der Waals surface area contributed by atoms with Crippen molar-refractivity contribution in [2.24, 2.45) is 5.41 Å². The molecule has 2 N–H and O–H groups in total. The van der Waals surface area contributed by atoms with Crippen LogP contribution in [0, 0.1) is 5.41 Å². The average molecular weight is 504 g/mol. The summed E-state index contributed by atoms with van der Waals surface area (Å²) >= 11 is 5.83. The Bertz CT molecular complexity index is 956. The van der Waals surface area contributed by atoms with E-state index in [0.29, 0.717) is 18.8 Å². The number of nitrogens with zero attached hydrogens (tertiary/aromatic N) is 3. The summed E-state index contributed by atoms with van der Waals surface area (Å²) in [7, 11) is 0. The first kappa shape index (κ1) is 25.1. The Morgan fingerprint density at radius 2 is 1.94 bits per heavy atom. The second-order valence-electron chi connectivity index (χ2n) is 9.64. The predicted octanol–water partition coefficient (Wildman–Crippen LogP) is 2.52. The van der Waals surface area contributed by atoms with Crippen molar-refractivity contribution in [3.05, 3.63) is 28.8 Å². The molecule has 0 unspecified atom stereocenters. The minimum atomic E-state index is -4.56. The number of piperidine rings is 1. The number of aliphatic hydroxyl groups excluding tert-OH is 2. The van der Waals surface area contributed by atoms with Crippen LogP contribution in [0.3, 0.4) is 0 Å². The van der Waals surface area contributed by atoms with Gasteiger partial charge in [-0.05, 0) is 49.8 Å². The highest BCUT2D eigenvalue weighted by atomic mass is 35.5. The molecule has 2 saturated heterocycles. The Morgan fingerprint density at radius 1 is 1.24 bits per heavy atom. The van der Waals surface area contributed by atoms with E-state index in [1.807, 2.05) is 0 Å². The number of likely N-dealkylation sites (tertiary alicyclic amines) is 1. The summed E-state index contributed by atoms with van der Waals surface area (Å²) in [5, 5.41) is 20.3. The predicted molar refractivity (Wildman–Crippen MR) is 119 cm³/mol. The number of halogens is 4. The van der Waals surface area contributed by atoms with Crippen LogP contribution in [-0.2, 0) is 15.8 Å². The van der Waals surface area contributed by atoms with Crippen LogP contribution in [0.5, 0.6) is 0 Å². The Balaban J connectivity index is 1.31. The quantitative estimate of drug-likeness (QED) is 0.645. The number of hydrogen-bond acceptors (Lipinski definition) is 5. The van der Waals surface area contributed by atoms with Gasteiger partial charge in [-0.15, -0.1) is 0 Å². The van der Waals surface area contributed by atoms with E-state index in [9.17, 15) is 33.0 Å². The molecule has 11 heteroatoms. The first-order chi connectivity index (χ1) is 15.9. The molecular formula is C23H29ClF3N3O4. The first-order valence-corrected chi connectivity index (χ1v) is 11.9.